The van der Waals surface area contributed by atoms with Crippen LogP contribution in [0, 0.1) is 16.4 Å². The minimum atomic E-state index is -2.91. The highest BCUT2D eigenvalue weighted by atomic mass is 32.2. The van der Waals surface area contributed by atoms with E-state index in [2.05, 4.69) is 21.4 Å². The number of nitrogens with zero attached hydrogens (tertiary/aromatic N) is 6. The molecule has 0 radical (unpaired) electrons. The molecule has 6 heterocycles. The number of alkyl halides is 1. The van der Waals surface area contributed by atoms with Crippen molar-refractivity contribution in [1.82, 2.24) is 29.4 Å². The molecule has 1 unspecified atom stereocenters. The molecular formula is C47H55F3N8O3S. The number of halogens is 3. The first-order valence-electron chi connectivity index (χ1n) is 21.7. The molecule has 62 heavy (non-hydrogen) atoms. The van der Waals surface area contributed by atoms with Gasteiger partial charge in [0.05, 0.1) is 52.1 Å². The minimum absolute atomic E-state index is 0.0103. The van der Waals surface area contributed by atoms with Gasteiger partial charge in [-0.15, -0.1) is 0 Å². The lowest BCUT2D eigenvalue weighted by Gasteiger charge is -2.43. The summed E-state index contributed by atoms with van der Waals surface area (Å²) in [6.45, 7) is 9.88. The zero-order valence-corrected chi connectivity index (χ0v) is 36.8. The third-order valence-electron chi connectivity index (χ3n) is 12.9. The summed E-state index contributed by atoms with van der Waals surface area (Å²) in [6, 6.07) is 15.3. The van der Waals surface area contributed by atoms with Gasteiger partial charge < -0.3 is 23.9 Å². The van der Waals surface area contributed by atoms with Gasteiger partial charge >= 0.3 is 0 Å². The van der Waals surface area contributed by atoms with E-state index in [4.69, 9.17) is 29.2 Å². The highest BCUT2D eigenvalue weighted by Crippen LogP contribution is 2.53. The number of anilines is 1. The SMILES string of the molecule is C[C@@H]1COCCN1c1cc(C2(S(C)(=N)=O)CC2)nc(-c2ccnc3c2ccn3CCCCCOc2cc(F)c([C@@H]3c4[nH]c5ccccc5c4C[C@@H](C)N3CC(C)(C)F)c(F)c2)n1. The Bertz CT molecular complexity index is 2720. The number of rotatable bonds is 14. The van der Waals surface area contributed by atoms with Crippen LogP contribution in [0.25, 0.3) is 33.3 Å². The summed E-state index contributed by atoms with van der Waals surface area (Å²) in [5.41, 5.74) is 3.14. The Hall–Kier alpha value is -4.99. The molecule has 328 valence electrons. The maximum Gasteiger partial charge on any atom is 0.162 e. The molecule has 2 N–H and O–H groups in total. The number of aryl methyl sites for hydroxylation is 1. The number of hydrogen-bond donors (Lipinski definition) is 2. The van der Waals surface area contributed by atoms with Crippen LogP contribution in [0.5, 0.6) is 5.75 Å². The van der Waals surface area contributed by atoms with Crippen molar-refractivity contribution in [3.8, 4) is 17.1 Å². The summed E-state index contributed by atoms with van der Waals surface area (Å²) in [6.07, 6.45) is 9.50. The smallest absolute Gasteiger partial charge is 0.162 e. The van der Waals surface area contributed by atoms with Crippen LogP contribution in [-0.2, 0) is 32.2 Å². The van der Waals surface area contributed by atoms with Crippen LogP contribution in [0.4, 0.5) is 19.0 Å². The van der Waals surface area contributed by atoms with Gasteiger partial charge in [0.2, 0.25) is 0 Å². The van der Waals surface area contributed by atoms with Crippen LogP contribution in [0.1, 0.15) is 88.4 Å². The van der Waals surface area contributed by atoms with E-state index in [1.165, 1.54) is 32.2 Å². The molecule has 1 saturated carbocycles. The highest BCUT2D eigenvalue weighted by molar-refractivity contribution is 7.93. The van der Waals surface area contributed by atoms with Crippen molar-refractivity contribution in [2.75, 3.05) is 44.1 Å². The summed E-state index contributed by atoms with van der Waals surface area (Å²) >= 11 is 0. The maximum atomic E-state index is 16.2. The molecule has 2 fully saturated rings. The molecule has 6 aromatic rings. The van der Waals surface area contributed by atoms with E-state index < -0.39 is 37.8 Å². The first-order valence-corrected chi connectivity index (χ1v) is 23.7. The maximum absolute atomic E-state index is 16.2. The zero-order valence-electron chi connectivity index (χ0n) is 36.0. The number of ether oxygens (including phenoxy) is 2. The summed E-state index contributed by atoms with van der Waals surface area (Å²) in [5, 5.41) is 1.91. The van der Waals surface area contributed by atoms with Crippen LogP contribution in [0.2, 0.25) is 0 Å². The van der Waals surface area contributed by atoms with E-state index >= 15 is 13.2 Å². The molecule has 0 bridgehead atoms. The van der Waals surface area contributed by atoms with E-state index in [1.807, 2.05) is 60.5 Å². The number of fused-ring (bicyclic) bond motifs is 4. The van der Waals surface area contributed by atoms with Crippen LogP contribution < -0.4 is 9.64 Å². The molecule has 1 saturated heterocycles. The van der Waals surface area contributed by atoms with E-state index in [9.17, 15) is 4.21 Å². The standard InChI is InChI=1S/C47H55F3N8O3S/c1-29-23-35-32-11-7-8-12-38(32)53-42(35)43(58(29)28-46(3,4)50)41-36(48)24-31(25-37(41)49)61-21-10-6-9-18-56-19-14-34-33(13-17-52-45(34)56)44-54-39(47(15-16-47)62(5,51)59)26-40(55-44)57-20-22-60-27-30(57)2/h7-8,11-14,17,19,24-26,29-30,43,51,53H,6,9-10,15-16,18,20-23,27-28H2,1-5H3/t29-,30-,43-,62?/m1/s1. The first-order chi connectivity index (χ1) is 29.6. The van der Waals surface area contributed by atoms with Crippen LogP contribution >= 0.6 is 0 Å². The fourth-order valence-corrected chi connectivity index (χ4v) is 11.0. The lowest BCUT2D eigenvalue weighted by molar-refractivity contribution is 0.0642. The van der Waals surface area contributed by atoms with E-state index in [1.54, 1.807) is 6.20 Å². The Kier molecular flexibility index (Phi) is 11.1. The Morgan fingerprint density at radius 3 is 2.52 bits per heavy atom. The number of unbranched alkanes of at least 4 members (excludes halogenated alkanes) is 2. The second-order valence-corrected chi connectivity index (χ2v) is 20.6. The number of morpholine rings is 1. The van der Waals surface area contributed by atoms with Crippen molar-refractivity contribution < 1.29 is 26.9 Å². The van der Waals surface area contributed by atoms with Gasteiger partial charge in [0, 0.05) is 95.6 Å². The number of pyridine rings is 1. The van der Waals surface area contributed by atoms with Gasteiger partial charge in [-0.05, 0) is 90.0 Å². The average molecular weight is 869 g/mol. The molecule has 2 aliphatic heterocycles. The molecule has 11 nitrogen and oxygen atoms in total. The highest BCUT2D eigenvalue weighted by Gasteiger charge is 2.53. The van der Waals surface area contributed by atoms with Crippen molar-refractivity contribution in [2.24, 2.45) is 0 Å². The van der Waals surface area contributed by atoms with E-state index in [-0.39, 0.29) is 36.5 Å². The van der Waals surface area contributed by atoms with Crippen LogP contribution in [0.3, 0.4) is 0 Å². The van der Waals surface area contributed by atoms with Gasteiger partial charge in [-0.2, -0.15) is 0 Å². The monoisotopic (exact) mass is 868 g/mol. The topological polar surface area (TPSA) is 125 Å². The first kappa shape index (κ1) is 42.3. The van der Waals surface area contributed by atoms with E-state index in [0.717, 1.165) is 51.7 Å². The molecule has 15 heteroatoms. The number of nitrogens with one attached hydrogen (secondary N) is 2. The number of aromatic amines is 1. The van der Waals surface area contributed by atoms with E-state index in [0.29, 0.717) is 69.2 Å². The predicted molar refractivity (Wildman–Crippen MR) is 237 cm³/mol. The third kappa shape index (κ3) is 7.96. The lowest BCUT2D eigenvalue weighted by Crippen LogP contribution is -2.48. The Balaban J connectivity index is 0.878. The number of aromatic nitrogens is 5. The van der Waals surface area contributed by atoms with Gasteiger partial charge in [-0.25, -0.2) is 32.3 Å². The van der Waals surface area contributed by atoms with Crippen molar-refractivity contribution >= 4 is 37.5 Å². The molecule has 3 aliphatic rings. The summed E-state index contributed by atoms with van der Waals surface area (Å²) < 4.78 is 82.3. The van der Waals surface area contributed by atoms with Crippen molar-refractivity contribution in [2.45, 2.75) is 101 Å². The molecule has 2 aromatic carbocycles. The number of H-pyrrole nitrogens is 1. The van der Waals surface area contributed by atoms with Crippen LogP contribution in [0.15, 0.2) is 67.0 Å². The fraction of sp³-hybridized carbons (Fsp3) is 0.468. The van der Waals surface area contributed by atoms with Gasteiger partial charge in [0.1, 0.15) is 34.5 Å². The minimum Gasteiger partial charge on any atom is -0.493 e. The number of hydrogen-bond acceptors (Lipinski definition) is 9. The number of benzene rings is 2. The van der Waals surface area contributed by atoms with Crippen molar-refractivity contribution in [3.05, 3.63) is 101 Å². The normalized spacial score (nSPS) is 21.3. The van der Waals surface area contributed by atoms with Crippen LogP contribution in [-0.4, -0.2) is 90.5 Å². The molecule has 0 spiro atoms. The zero-order chi connectivity index (χ0) is 43.6. The van der Waals surface area contributed by atoms with Gasteiger partial charge in [0.15, 0.2) is 5.82 Å². The molecular weight excluding hydrogens is 814 g/mol. The van der Waals surface area contributed by atoms with Gasteiger partial charge in [-0.3, -0.25) is 9.68 Å². The third-order valence-corrected chi connectivity index (χ3v) is 15.0. The summed E-state index contributed by atoms with van der Waals surface area (Å²) in [7, 11) is -2.91. The Labute approximate surface area is 361 Å². The number of para-hydroxylation sites is 1. The summed E-state index contributed by atoms with van der Waals surface area (Å²) in [4.78, 5) is 22.3. The molecule has 4 aromatic heterocycles. The molecule has 4 atom stereocenters. The quantitative estimate of drug-likeness (QED) is 0.104. The lowest BCUT2D eigenvalue weighted by atomic mass is 9.87. The van der Waals surface area contributed by atoms with Gasteiger partial charge in [0.25, 0.3) is 0 Å². The average Bonchev–Trinajstić information content (AvgIpc) is 3.85. The molecule has 0 amide bonds. The Morgan fingerprint density at radius 2 is 1.79 bits per heavy atom. The molecule has 9 rings (SSSR count). The predicted octanol–water partition coefficient (Wildman–Crippen LogP) is 9.48. The van der Waals surface area contributed by atoms with Crippen molar-refractivity contribution in [3.63, 3.8) is 0 Å². The largest absolute Gasteiger partial charge is 0.493 e. The fourth-order valence-electron chi connectivity index (χ4n) is 9.58. The molecule has 1 aliphatic carbocycles. The second-order valence-electron chi connectivity index (χ2n) is 18.1. The summed E-state index contributed by atoms with van der Waals surface area (Å²) in [5.74, 6) is -0.0744. The van der Waals surface area contributed by atoms with Gasteiger partial charge in [-0.1, -0.05) is 18.2 Å². The van der Waals surface area contributed by atoms with Crippen molar-refractivity contribution in [1.29, 1.82) is 4.78 Å². The Morgan fingerprint density at radius 1 is 1.02 bits per heavy atom. The second kappa shape index (κ2) is 16.3.